The lowest BCUT2D eigenvalue weighted by Gasteiger charge is -2.14. The van der Waals surface area contributed by atoms with E-state index in [-0.39, 0.29) is 24.8 Å². The largest absolute Gasteiger partial charge is 0.490 e. The second-order valence-electron chi connectivity index (χ2n) is 8.34. The van der Waals surface area contributed by atoms with Gasteiger partial charge in [-0.25, -0.2) is 5.43 Å². The van der Waals surface area contributed by atoms with Crippen molar-refractivity contribution in [2.75, 3.05) is 18.5 Å². The molecule has 0 aliphatic heterocycles. The smallest absolute Gasteiger partial charge is 0.262 e. The molecule has 4 rings (SSSR count). The van der Waals surface area contributed by atoms with Gasteiger partial charge in [0.05, 0.1) is 32.9 Å². The van der Waals surface area contributed by atoms with Gasteiger partial charge in [-0.05, 0) is 81.7 Å². The number of benzene rings is 4. The van der Waals surface area contributed by atoms with Gasteiger partial charge in [-0.1, -0.05) is 65.7 Å². The van der Waals surface area contributed by atoms with Crippen molar-refractivity contribution in [1.29, 1.82) is 0 Å². The molecule has 0 atom stereocenters. The number of carbonyl (C=O) groups excluding carboxylic acids is 2. The minimum absolute atomic E-state index is 0.206. The summed E-state index contributed by atoms with van der Waals surface area (Å²) >= 11 is 14.0. The number of carbonyl (C=O) groups is 2. The first kappa shape index (κ1) is 28.7. The zero-order valence-electron chi connectivity index (χ0n) is 20.8. The maximum absolute atomic E-state index is 12.5. The number of nitrogens with zero attached hydrogens (tertiary/aromatic N) is 1. The molecule has 0 radical (unpaired) electrons. The van der Waals surface area contributed by atoms with Crippen molar-refractivity contribution >= 4 is 80.3 Å². The second-order valence-corrected chi connectivity index (χ2v) is 10.3. The number of hydrogen-bond acceptors (Lipinski definition) is 5. The minimum atomic E-state index is -0.369. The minimum Gasteiger partial charge on any atom is -0.490 e. The first-order chi connectivity index (χ1) is 18.8. The Kier molecular flexibility index (Phi) is 10.0. The van der Waals surface area contributed by atoms with Gasteiger partial charge in [0.2, 0.25) is 5.91 Å². The van der Waals surface area contributed by atoms with Crippen molar-refractivity contribution in [3.8, 4) is 11.5 Å². The number of rotatable bonds is 10. The third-order valence-corrected chi connectivity index (χ3v) is 7.06. The number of nitrogens with one attached hydrogen (secondary N) is 2. The van der Waals surface area contributed by atoms with Gasteiger partial charge >= 0.3 is 0 Å². The van der Waals surface area contributed by atoms with Crippen molar-refractivity contribution in [3.63, 3.8) is 0 Å². The van der Waals surface area contributed by atoms with E-state index in [2.05, 4.69) is 38.4 Å². The molecule has 0 saturated carbocycles. The van der Waals surface area contributed by atoms with Crippen molar-refractivity contribution in [1.82, 2.24) is 5.43 Å². The molecule has 4 aromatic rings. The van der Waals surface area contributed by atoms with Crippen LogP contribution in [0.5, 0.6) is 11.5 Å². The van der Waals surface area contributed by atoms with Gasteiger partial charge in [0.1, 0.15) is 0 Å². The number of anilines is 1. The van der Waals surface area contributed by atoms with Gasteiger partial charge in [0, 0.05) is 5.69 Å². The Bertz CT molecular complexity index is 1540. The molecule has 0 bridgehead atoms. The SMILES string of the molecule is CCOc1cc(/C=N/NC(=O)Cc2cccc3ccccc23)cc(I)c1OCC(=O)Nc1ccc(Cl)c(Cl)c1. The summed E-state index contributed by atoms with van der Waals surface area (Å²) in [5.74, 6) is 0.288. The molecule has 0 spiro atoms. The summed E-state index contributed by atoms with van der Waals surface area (Å²) < 4.78 is 12.2. The van der Waals surface area contributed by atoms with Gasteiger partial charge in [0.25, 0.3) is 5.91 Å². The maximum atomic E-state index is 12.5. The van der Waals surface area contributed by atoms with E-state index in [1.54, 1.807) is 24.3 Å². The molecular weight excluding hydrogens is 652 g/mol. The standard InChI is InChI=1S/C29H24Cl2IN3O4/c1-2-38-26-13-18(16-33-35-27(36)14-20-8-5-7-19-6-3-4-9-22(19)20)12-25(32)29(26)39-17-28(37)34-21-10-11-23(30)24(31)15-21/h3-13,15-16H,2,14,17H2,1H3,(H,34,37)(H,35,36)/b33-16+. The number of fused-ring (bicyclic) bond motifs is 1. The third-order valence-electron chi connectivity index (χ3n) is 5.52. The number of ether oxygens (including phenoxy) is 2. The summed E-state index contributed by atoms with van der Waals surface area (Å²) in [4.78, 5) is 25.0. The molecule has 39 heavy (non-hydrogen) atoms. The summed E-state index contributed by atoms with van der Waals surface area (Å²) in [6, 6.07) is 22.2. The Balaban J connectivity index is 1.38. The highest BCUT2D eigenvalue weighted by molar-refractivity contribution is 14.1. The van der Waals surface area contributed by atoms with E-state index in [1.165, 1.54) is 6.21 Å². The van der Waals surface area contributed by atoms with Crippen LogP contribution in [0.3, 0.4) is 0 Å². The molecule has 0 aromatic heterocycles. The normalized spacial score (nSPS) is 11.0. The van der Waals surface area contributed by atoms with Crippen LogP contribution in [0.25, 0.3) is 10.8 Å². The lowest BCUT2D eigenvalue weighted by Crippen LogP contribution is -2.21. The Morgan fingerprint density at radius 3 is 2.54 bits per heavy atom. The highest BCUT2D eigenvalue weighted by Gasteiger charge is 2.14. The molecule has 2 N–H and O–H groups in total. The van der Waals surface area contributed by atoms with Crippen LogP contribution >= 0.6 is 45.8 Å². The summed E-state index contributed by atoms with van der Waals surface area (Å²) in [6.45, 7) is 2.00. The summed E-state index contributed by atoms with van der Waals surface area (Å²) in [5.41, 5.74) is 4.72. The van der Waals surface area contributed by atoms with Crippen molar-refractivity contribution in [2.24, 2.45) is 5.10 Å². The van der Waals surface area contributed by atoms with Crippen LogP contribution in [0.1, 0.15) is 18.1 Å². The van der Waals surface area contributed by atoms with Gasteiger partial charge in [0.15, 0.2) is 18.1 Å². The molecule has 0 heterocycles. The molecular formula is C29H24Cl2IN3O4. The summed E-state index contributed by atoms with van der Waals surface area (Å²) in [6.07, 6.45) is 1.74. The molecule has 2 amide bonds. The lowest BCUT2D eigenvalue weighted by atomic mass is 10.0. The fraction of sp³-hybridized carbons (Fsp3) is 0.138. The molecule has 4 aromatic carbocycles. The highest BCUT2D eigenvalue weighted by Crippen LogP contribution is 2.34. The first-order valence-corrected chi connectivity index (χ1v) is 13.8. The quantitative estimate of drug-likeness (QED) is 0.109. The fourth-order valence-electron chi connectivity index (χ4n) is 3.81. The van der Waals surface area contributed by atoms with E-state index in [0.717, 1.165) is 16.3 Å². The topological polar surface area (TPSA) is 89.0 Å². The van der Waals surface area contributed by atoms with E-state index in [4.69, 9.17) is 32.7 Å². The van der Waals surface area contributed by atoms with Crippen molar-refractivity contribution in [2.45, 2.75) is 13.3 Å². The summed E-state index contributed by atoms with van der Waals surface area (Å²) in [5, 5.41) is 9.69. The monoisotopic (exact) mass is 675 g/mol. The Labute approximate surface area is 249 Å². The van der Waals surface area contributed by atoms with Gasteiger partial charge in [-0.2, -0.15) is 5.10 Å². The Hall–Kier alpha value is -3.34. The average Bonchev–Trinajstić information content (AvgIpc) is 2.91. The number of hydrazone groups is 1. The predicted molar refractivity (Wildman–Crippen MR) is 164 cm³/mol. The van der Waals surface area contributed by atoms with Gasteiger partial charge < -0.3 is 14.8 Å². The second kappa shape index (κ2) is 13.6. The first-order valence-electron chi connectivity index (χ1n) is 12.0. The lowest BCUT2D eigenvalue weighted by molar-refractivity contribution is -0.120. The van der Waals surface area contributed by atoms with Crippen LogP contribution in [0.15, 0.2) is 77.9 Å². The molecule has 0 saturated heterocycles. The Morgan fingerprint density at radius 1 is 0.949 bits per heavy atom. The van der Waals surface area contributed by atoms with E-state index in [1.807, 2.05) is 55.5 Å². The highest BCUT2D eigenvalue weighted by atomic mass is 127. The molecule has 7 nitrogen and oxygen atoms in total. The van der Waals surface area contributed by atoms with Gasteiger partial charge in [-0.15, -0.1) is 0 Å². The number of hydrogen-bond donors (Lipinski definition) is 2. The van der Waals surface area contributed by atoms with Gasteiger partial charge in [-0.3, -0.25) is 9.59 Å². The van der Waals surface area contributed by atoms with E-state index >= 15 is 0 Å². The molecule has 0 aliphatic carbocycles. The molecule has 200 valence electrons. The Morgan fingerprint density at radius 2 is 1.74 bits per heavy atom. The zero-order chi connectivity index (χ0) is 27.8. The molecule has 0 aliphatic rings. The molecule has 0 fully saturated rings. The zero-order valence-corrected chi connectivity index (χ0v) is 24.5. The van der Waals surface area contributed by atoms with Crippen LogP contribution in [-0.2, 0) is 16.0 Å². The fourth-order valence-corrected chi connectivity index (χ4v) is 4.89. The molecule has 0 unspecified atom stereocenters. The summed E-state index contributed by atoms with van der Waals surface area (Å²) in [7, 11) is 0. The van der Waals surface area contributed by atoms with E-state index < -0.39 is 0 Å². The average molecular weight is 676 g/mol. The van der Waals surface area contributed by atoms with E-state index in [0.29, 0.717) is 43.0 Å². The third kappa shape index (κ3) is 7.84. The van der Waals surface area contributed by atoms with Crippen molar-refractivity contribution in [3.05, 3.63) is 97.5 Å². The number of halogens is 3. The predicted octanol–water partition coefficient (Wildman–Crippen LogP) is 6.86. The number of amides is 2. The van der Waals surface area contributed by atoms with E-state index in [9.17, 15) is 9.59 Å². The van der Waals surface area contributed by atoms with Crippen LogP contribution in [0, 0.1) is 3.57 Å². The van der Waals surface area contributed by atoms with Crippen molar-refractivity contribution < 1.29 is 19.1 Å². The van der Waals surface area contributed by atoms with Crippen LogP contribution in [0.2, 0.25) is 10.0 Å². The van der Waals surface area contributed by atoms with Crippen LogP contribution < -0.4 is 20.2 Å². The van der Waals surface area contributed by atoms with Crippen LogP contribution in [-0.4, -0.2) is 31.2 Å². The van der Waals surface area contributed by atoms with Crippen LogP contribution in [0.4, 0.5) is 5.69 Å². The maximum Gasteiger partial charge on any atom is 0.262 e. The molecule has 10 heteroatoms.